The Morgan fingerprint density at radius 2 is 2.00 bits per heavy atom. The van der Waals surface area contributed by atoms with Gasteiger partial charge in [-0.1, -0.05) is 18.2 Å². The van der Waals surface area contributed by atoms with E-state index < -0.39 is 10.0 Å². The van der Waals surface area contributed by atoms with Gasteiger partial charge in [-0.3, -0.25) is 0 Å². The molecule has 1 fully saturated rings. The molecule has 4 nitrogen and oxygen atoms in total. The van der Waals surface area contributed by atoms with Crippen LogP contribution >= 0.6 is 11.3 Å². The van der Waals surface area contributed by atoms with Crippen molar-refractivity contribution in [3.8, 4) is 0 Å². The van der Waals surface area contributed by atoms with Crippen molar-refractivity contribution in [2.45, 2.75) is 30.6 Å². The fraction of sp³-hybridized carbons (Fsp3) is 0.444. The Kier molecular flexibility index (Phi) is 5.71. The number of rotatable bonds is 6. The van der Waals surface area contributed by atoms with Crippen molar-refractivity contribution in [1.29, 1.82) is 0 Å². The Balaban J connectivity index is 1.45. The minimum absolute atomic E-state index is 0.346. The number of sulfonamides is 1. The van der Waals surface area contributed by atoms with E-state index in [1.807, 2.05) is 24.3 Å². The lowest BCUT2D eigenvalue weighted by Crippen LogP contribution is -2.39. The number of nitrogens with zero attached hydrogens (tertiary/aromatic N) is 1. The van der Waals surface area contributed by atoms with E-state index in [1.54, 1.807) is 18.2 Å². The van der Waals surface area contributed by atoms with Crippen LogP contribution in [0.3, 0.4) is 0 Å². The highest BCUT2D eigenvalue weighted by molar-refractivity contribution is 7.89. The molecule has 0 amide bonds. The fourth-order valence-electron chi connectivity index (χ4n) is 3.17. The molecule has 0 bridgehead atoms. The summed E-state index contributed by atoms with van der Waals surface area (Å²) in [4.78, 5) is 4.18. The zero-order valence-corrected chi connectivity index (χ0v) is 15.6. The van der Waals surface area contributed by atoms with Gasteiger partial charge in [0, 0.05) is 18.0 Å². The first-order chi connectivity index (χ1) is 11.5. The molecule has 1 aliphatic heterocycles. The second-order valence-electron chi connectivity index (χ2n) is 6.35. The highest BCUT2D eigenvalue weighted by Gasteiger charge is 2.21. The molecule has 1 aromatic carbocycles. The van der Waals surface area contributed by atoms with Gasteiger partial charge in [0.05, 0.1) is 4.90 Å². The third-order valence-electron chi connectivity index (χ3n) is 4.55. The number of benzene rings is 1. The maximum Gasteiger partial charge on any atom is 0.240 e. The highest BCUT2D eigenvalue weighted by atomic mass is 32.2. The van der Waals surface area contributed by atoms with E-state index in [9.17, 15) is 8.42 Å². The number of hydrogen-bond donors (Lipinski definition) is 1. The number of nitrogens with one attached hydrogen (secondary N) is 1. The van der Waals surface area contributed by atoms with Crippen molar-refractivity contribution < 1.29 is 8.42 Å². The van der Waals surface area contributed by atoms with Crippen LogP contribution in [-0.2, 0) is 10.0 Å². The van der Waals surface area contributed by atoms with Gasteiger partial charge >= 0.3 is 0 Å². The predicted molar refractivity (Wildman–Crippen MR) is 99.1 cm³/mol. The predicted octanol–water partition coefficient (Wildman–Crippen LogP) is 3.21. The highest BCUT2D eigenvalue weighted by Crippen LogP contribution is 2.30. The zero-order chi connectivity index (χ0) is 17.0. The summed E-state index contributed by atoms with van der Waals surface area (Å²) in [7, 11) is -3.40. The monoisotopic (exact) mass is 364 g/mol. The smallest absolute Gasteiger partial charge is 0.240 e. The van der Waals surface area contributed by atoms with Gasteiger partial charge in [0.25, 0.3) is 0 Å². The molecule has 0 spiro atoms. The molecule has 1 aromatic heterocycles. The lowest BCUT2D eigenvalue weighted by molar-refractivity contribution is 0.217. The maximum atomic E-state index is 12.3. The van der Waals surface area contributed by atoms with Crippen LogP contribution in [0.5, 0.6) is 0 Å². The number of aryl methyl sites for hydroxylation is 1. The van der Waals surface area contributed by atoms with Gasteiger partial charge in [-0.2, -0.15) is 0 Å². The average Bonchev–Trinajstić information content (AvgIpc) is 3.10. The summed E-state index contributed by atoms with van der Waals surface area (Å²) in [5.74, 6) is 0.672. The normalized spacial score (nSPS) is 17.2. The first-order valence-corrected chi connectivity index (χ1v) is 10.7. The average molecular weight is 365 g/mol. The lowest BCUT2D eigenvalue weighted by Gasteiger charge is -2.31. The quantitative estimate of drug-likeness (QED) is 0.856. The van der Waals surface area contributed by atoms with Crippen molar-refractivity contribution in [3.05, 3.63) is 52.2 Å². The minimum Gasteiger partial charge on any atom is -0.302 e. The molecule has 1 saturated heterocycles. The van der Waals surface area contributed by atoms with Crippen molar-refractivity contribution >= 4 is 21.4 Å². The first-order valence-electron chi connectivity index (χ1n) is 8.37. The van der Waals surface area contributed by atoms with Gasteiger partial charge < -0.3 is 4.90 Å². The fourth-order valence-corrected chi connectivity index (χ4v) is 5.19. The molecule has 0 unspecified atom stereocenters. The van der Waals surface area contributed by atoms with Crippen LogP contribution in [0, 0.1) is 6.92 Å². The molecule has 3 rings (SSSR count). The van der Waals surface area contributed by atoms with Crippen molar-refractivity contribution in [1.82, 2.24) is 9.62 Å². The summed E-state index contributed by atoms with van der Waals surface area (Å²) in [5, 5.41) is 2.14. The molecule has 2 heterocycles. The summed E-state index contributed by atoms with van der Waals surface area (Å²) in [5.41, 5.74) is 0.952. The maximum absolute atomic E-state index is 12.3. The largest absolute Gasteiger partial charge is 0.302 e. The second-order valence-corrected chi connectivity index (χ2v) is 9.09. The van der Waals surface area contributed by atoms with Crippen molar-refractivity contribution in [3.63, 3.8) is 0 Å². The number of piperidine rings is 1. The summed E-state index contributed by atoms with van der Waals surface area (Å²) in [6.07, 6.45) is 2.32. The zero-order valence-electron chi connectivity index (χ0n) is 13.9. The molecule has 130 valence electrons. The van der Waals surface area contributed by atoms with Crippen molar-refractivity contribution in [2.24, 2.45) is 0 Å². The van der Waals surface area contributed by atoms with Gasteiger partial charge in [0.2, 0.25) is 10.0 Å². The van der Waals surface area contributed by atoms with Crippen LogP contribution in [0.25, 0.3) is 0 Å². The van der Waals surface area contributed by atoms with Gasteiger partial charge in [0.1, 0.15) is 0 Å². The van der Waals surface area contributed by atoms with Crippen LogP contribution in [0.4, 0.5) is 0 Å². The molecule has 0 aliphatic carbocycles. The Morgan fingerprint density at radius 3 is 2.67 bits per heavy atom. The number of hydrogen-bond acceptors (Lipinski definition) is 4. The molecule has 24 heavy (non-hydrogen) atoms. The summed E-state index contributed by atoms with van der Waals surface area (Å²) in [6.45, 7) is 5.20. The Labute approximate surface area is 148 Å². The van der Waals surface area contributed by atoms with Crippen LogP contribution in [-0.4, -0.2) is 39.5 Å². The molecule has 0 atom stereocenters. The summed E-state index contributed by atoms with van der Waals surface area (Å²) in [6, 6.07) is 11.4. The van der Waals surface area contributed by atoms with Crippen LogP contribution < -0.4 is 4.72 Å². The van der Waals surface area contributed by atoms with Gasteiger partial charge in [-0.15, -0.1) is 11.3 Å². The van der Waals surface area contributed by atoms with Gasteiger partial charge in [0.15, 0.2) is 0 Å². The van der Waals surface area contributed by atoms with Crippen LogP contribution in [0.2, 0.25) is 0 Å². The summed E-state index contributed by atoms with van der Waals surface area (Å²) >= 11 is 1.84. The van der Waals surface area contributed by atoms with E-state index in [0.29, 0.717) is 17.4 Å². The van der Waals surface area contributed by atoms with Gasteiger partial charge in [-0.05, 0) is 67.9 Å². The van der Waals surface area contributed by atoms with Crippen LogP contribution in [0.1, 0.15) is 29.2 Å². The molecular formula is C18H24N2O2S2. The van der Waals surface area contributed by atoms with E-state index in [0.717, 1.165) is 38.0 Å². The molecule has 6 heteroatoms. The van der Waals surface area contributed by atoms with Gasteiger partial charge in [-0.25, -0.2) is 13.1 Å². The SMILES string of the molecule is Cc1cccc(S(=O)(=O)NCCN2CCC(c3cccs3)CC2)c1. The van der Waals surface area contributed by atoms with E-state index in [1.165, 1.54) is 4.88 Å². The van der Waals surface area contributed by atoms with E-state index in [-0.39, 0.29) is 0 Å². The minimum atomic E-state index is -3.40. The van der Waals surface area contributed by atoms with Crippen LogP contribution in [0.15, 0.2) is 46.7 Å². The molecular weight excluding hydrogens is 340 g/mol. The Morgan fingerprint density at radius 1 is 1.21 bits per heavy atom. The second kappa shape index (κ2) is 7.78. The molecule has 0 saturated carbocycles. The standard InChI is InChI=1S/C18H24N2O2S2/c1-15-4-2-5-17(14-15)24(21,22)19-9-12-20-10-7-16(8-11-20)18-6-3-13-23-18/h2-6,13-14,16,19H,7-12H2,1H3. The number of thiophene rings is 1. The van der Waals surface area contributed by atoms with E-state index in [4.69, 9.17) is 0 Å². The van der Waals surface area contributed by atoms with E-state index in [2.05, 4.69) is 27.1 Å². The molecule has 2 aromatic rings. The third kappa shape index (κ3) is 4.45. The first kappa shape index (κ1) is 17.6. The van der Waals surface area contributed by atoms with E-state index >= 15 is 0 Å². The van der Waals surface area contributed by atoms with Crippen molar-refractivity contribution in [2.75, 3.05) is 26.2 Å². The molecule has 1 N–H and O–H groups in total. The topological polar surface area (TPSA) is 49.4 Å². The Bertz CT molecular complexity index is 749. The molecule has 1 aliphatic rings. The molecule has 0 radical (unpaired) electrons. The third-order valence-corrected chi connectivity index (χ3v) is 7.05. The Hall–Kier alpha value is -1.21. The number of likely N-dealkylation sites (tertiary alicyclic amines) is 1. The summed E-state index contributed by atoms with van der Waals surface area (Å²) < 4.78 is 27.3. The lowest BCUT2D eigenvalue weighted by atomic mass is 9.95.